The van der Waals surface area contributed by atoms with E-state index in [1.807, 2.05) is 12.1 Å². The number of hydrogen-bond acceptors (Lipinski definition) is 5. The molecule has 1 fully saturated rings. The maximum absolute atomic E-state index is 11.6. The number of carbonyl (C=O) groups excluding carboxylic acids is 1. The third kappa shape index (κ3) is 3.29. The van der Waals surface area contributed by atoms with Crippen LogP contribution in [0.3, 0.4) is 0 Å². The van der Waals surface area contributed by atoms with Gasteiger partial charge in [0.15, 0.2) is 0 Å². The molecule has 1 aliphatic carbocycles. The van der Waals surface area contributed by atoms with E-state index in [4.69, 9.17) is 9.97 Å². The quantitative estimate of drug-likeness (QED) is 0.858. The number of nitrogens with zero attached hydrogens (tertiary/aromatic N) is 3. The highest BCUT2D eigenvalue weighted by Crippen LogP contribution is 2.33. The molecule has 0 spiro atoms. The Kier molecular flexibility index (Phi) is 4.59. The number of carbonyl (C=O) groups is 1. The predicted molar refractivity (Wildman–Crippen MR) is 99.9 cm³/mol. The van der Waals surface area contributed by atoms with Crippen LogP contribution in [0.4, 0.5) is 5.95 Å². The lowest BCUT2D eigenvalue weighted by Crippen LogP contribution is -2.38. The lowest BCUT2D eigenvalue weighted by molar-refractivity contribution is -0.128. The van der Waals surface area contributed by atoms with Crippen molar-refractivity contribution in [1.82, 2.24) is 15.3 Å². The Bertz CT molecular complexity index is 831. The number of benzene rings is 1. The van der Waals surface area contributed by atoms with Crippen molar-refractivity contribution in [3.8, 4) is 11.3 Å². The molecule has 0 bridgehead atoms. The number of nitrogens with one attached hydrogen (secondary N) is 1. The summed E-state index contributed by atoms with van der Waals surface area (Å²) in [4.78, 5) is 23.5. The molecule has 26 heavy (non-hydrogen) atoms. The zero-order valence-electron chi connectivity index (χ0n) is 15.0. The van der Waals surface area contributed by atoms with E-state index in [-0.39, 0.29) is 5.91 Å². The topological polar surface area (TPSA) is 78.3 Å². The van der Waals surface area contributed by atoms with Crippen LogP contribution in [-0.2, 0) is 24.2 Å². The second-order valence-corrected chi connectivity index (χ2v) is 7.09. The van der Waals surface area contributed by atoms with Gasteiger partial charge in [-0.05, 0) is 44.2 Å². The van der Waals surface area contributed by atoms with Crippen molar-refractivity contribution >= 4 is 11.9 Å². The first-order valence-corrected chi connectivity index (χ1v) is 9.31. The lowest BCUT2D eigenvalue weighted by Gasteiger charge is -2.31. The molecule has 6 nitrogen and oxygen atoms in total. The van der Waals surface area contributed by atoms with Crippen LogP contribution in [0.15, 0.2) is 24.3 Å². The van der Waals surface area contributed by atoms with Gasteiger partial charge in [0, 0.05) is 36.5 Å². The predicted octanol–water partition coefficient (Wildman–Crippen LogP) is 1.84. The highest BCUT2D eigenvalue weighted by Gasteiger charge is 2.24. The van der Waals surface area contributed by atoms with E-state index in [0.29, 0.717) is 6.54 Å². The van der Waals surface area contributed by atoms with Crippen molar-refractivity contribution in [1.29, 1.82) is 0 Å². The highest BCUT2D eigenvalue weighted by molar-refractivity contribution is 5.80. The fraction of sp³-hybridized carbons (Fsp3) is 0.450. The fourth-order valence-corrected chi connectivity index (χ4v) is 3.48. The first kappa shape index (κ1) is 17.0. The largest absolute Gasteiger partial charge is 0.384 e. The van der Waals surface area contributed by atoms with Gasteiger partial charge in [-0.1, -0.05) is 18.2 Å². The summed E-state index contributed by atoms with van der Waals surface area (Å²) in [6.07, 6.45) is 3.38. The van der Waals surface area contributed by atoms with Crippen LogP contribution in [0.25, 0.3) is 11.3 Å². The van der Waals surface area contributed by atoms with Crippen molar-refractivity contribution < 1.29 is 9.90 Å². The maximum atomic E-state index is 11.6. The Labute approximate surface area is 153 Å². The van der Waals surface area contributed by atoms with Gasteiger partial charge in [0.2, 0.25) is 11.9 Å². The van der Waals surface area contributed by atoms with Crippen molar-refractivity contribution in [2.24, 2.45) is 0 Å². The molecule has 0 saturated carbocycles. The minimum atomic E-state index is -0.998. The molecule has 2 aliphatic rings. The Hall–Kier alpha value is -2.47. The number of amides is 1. The minimum Gasteiger partial charge on any atom is -0.384 e. The molecule has 1 aromatic heterocycles. The average molecular weight is 352 g/mol. The lowest BCUT2D eigenvalue weighted by atomic mass is 10.0. The Morgan fingerprint density at radius 3 is 2.85 bits per heavy atom. The van der Waals surface area contributed by atoms with Gasteiger partial charge in [-0.2, -0.15) is 0 Å². The normalized spacial score (nSPS) is 16.8. The fourth-order valence-electron chi connectivity index (χ4n) is 3.48. The third-order valence-electron chi connectivity index (χ3n) is 5.11. The number of hydrogen-bond donors (Lipinski definition) is 2. The van der Waals surface area contributed by atoms with Crippen molar-refractivity contribution in [3.63, 3.8) is 0 Å². The Balaban J connectivity index is 1.64. The summed E-state index contributed by atoms with van der Waals surface area (Å²) in [7, 11) is 0. The summed E-state index contributed by atoms with van der Waals surface area (Å²) in [5.74, 6) is 0.484. The van der Waals surface area contributed by atoms with E-state index < -0.39 is 6.10 Å². The molecule has 2 aromatic rings. The van der Waals surface area contributed by atoms with E-state index in [0.717, 1.165) is 55.1 Å². The van der Waals surface area contributed by atoms with Crippen LogP contribution in [0.5, 0.6) is 0 Å². The minimum absolute atomic E-state index is 0.363. The van der Waals surface area contributed by atoms with Gasteiger partial charge in [0.1, 0.15) is 6.10 Å². The Morgan fingerprint density at radius 1 is 1.27 bits per heavy atom. The number of aliphatic hydroxyl groups excluding tert-OH is 1. The number of aromatic nitrogens is 2. The van der Waals surface area contributed by atoms with Gasteiger partial charge in [-0.3, -0.25) is 4.79 Å². The number of anilines is 1. The SMILES string of the molecule is CC(O)C(=O)NCc1cccc(-c2nc(N3CCC3)nc3c2CCC3)c1. The summed E-state index contributed by atoms with van der Waals surface area (Å²) < 4.78 is 0. The van der Waals surface area contributed by atoms with E-state index in [1.54, 1.807) is 0 Å². The van der Waals surface area contributed by atoms with Gasteiger partial charge in [0.25, 0.3) is 0 Å². The summed E-state index contributed by atoms with van der Waals surface area (Å²) in [5.41, 5.74) is 5.53. The molecule has 6 heteroatoms. The number of fused-ring (bicyclic) bond motifs is 1. The molecule has 2 N–H and O–H groups in total. The molecule has 0 radical (unpaired) electrons. The average Bonchev–Trinajstić information content (AvgIpc) is 3.06. The third-order valence-corrected chi connectivity index (χ3v) is 5.11. The second kappa shape index (κ2) is 7.03. The van der Waals surface area contributed by atoms with Crippen LogP contribution < -0.4 is 10.2 Å². The van der Waals surface area contributed by atoms with Crippen LogP contribution in [0.2, 0.25) is 0 Å². The zero-order valence-corrected chi connectivity index (χ0v) is 15.0. The first-order valence-electron chi connectivity index (χ1n) is 9.31. The monoisotopic (exact) mass is 352 g/mol. The number of aryl methyl sites for hydroxylation is 1. The van der Waals surface area contributed by atoms with Crippen molar-refractivity contribution in [2.75, 3.05) is 18.0 Å². The van der Waals surface area contributed by atoms with E-state index in [2.05, 4.69) is 22.3 Å². The summed E-state index contributed by atoms with van der Waals surface area (Å²) >= 11 is 0. The van der Waals surface area contributed by atoms with Crippen LogP contribution in [0, 0.1) is 0 Å². The summed E-state index contributed by atoms with van der Waals surface area (Å²) in [6, 6.07) is 8.11. The molecule has 2 heterocycles. The second-order valence-electron chi connectivity index (χ2n) is 7.09. The molecular formula is C20H24N4O2. The molecule has 1 atom stereocenters. The van der Waals surface area contributed by atoms with Crippen LogP contribution in [-0.4, -0.2) is 40.2 Å². The number of aliphatic hydroxyl groups is 1. The van der Waals surface area contributed by atoms with Crippen molar-refractivity contribution in [2.45, 2.75) is 45.3 Å². The molecule has 1 aliphatic heterocycles. The molecule has 4 rings (SSSR count). The van der Waals surface area contributed by atoms with Crippen LogP contribution in [0.1, 0.15) is 36.6 Å². The molecule has 1 aromatic carbocycles. The maximum Gasteiger partial charge on any atom is 0.248 e. The van der Waals surface area contributed by atoms with E-state index in [1.165, 1.54) is 24.6 Å². The standard InChI is InChI=1S/C20H24N4O2/c1-13(25)19(26)21-12-14-5-2-6-15(11-14)18-16-7-3-8-17(16)22-20(23-18)24-9-4-10-24/h2,5-6,11,13,25H,3-4,7-10,12H2,1H3,(H,21,26). The summed E-state index contributed by atoms with van der Waals surface area (Å²) in [5, 5.41) is 12.1. The highest BCUT2D eigenvalue weighted by atomic mass is 16.3. The van der Waals surface area contributed by atoms with Gasteiger partial charge in [-0.25, -0.2) is 9.97 Å². The Morgan fingerprint density at radius 2 is 2.12 bits per heavy atom. The summed E-state index contributed by atoms with van der Waals surface area (Å²) in [6.45, 7) is 3.92. The molecule has 136 valence electrons. The zero-order chi connectivity index (χ0) is 18.1. The van der Waals surface area contributed by atoms with Gasteiger partial charge < -0.3 is 15.3 Å². The van der Waals surface area contributed by atoms with Gasteiger partial charge in [0.05, 0.1) is 5.69 Å². The van der Waals surface area contributed by atoms with Crippen LogP contribution >= 0.6 is 0 Å². The van der Waals surface area contributed by atoms with Gasteiger partial charge >= 0.3 is 0 Å². The van der Waals surface area contributed by atoms with E-state index in [9.17, 15) is 9.90 Å². The van der Waals surface area contributed by atoms with Gasteiger partial charge in [-0.15, -0.1) is 0 Å². The number of rotatable bonds is 5. The molecule has 1 saturated heterocycles. The molecular weight excluding hydrogens is 328 g/mol. The smallest absolute Gasteiger partial charge is 0.248 e. The van der Waals surface area contributed by atoms with E-state index >= 15 is 0 Å². The molecule has 1 unspecified atom stereocenters. The molecule has 1 amide bonds. The van der Waals surface area contributed by atoms with Crippen molar-refractivity contribution in [3.05, 3.63) is 41.1 Å². The first-order chi connectivity index (χ1) is 12.6.